The summed E-state index contributed by atoms with van der Waals surface area (Å²) in [5.74, 6) is 0.218. The monoisotopic (exact) mass is 318 g/mol. The second-order valence-corrected chi connectivity index (χ2v) is 6.63. The van der Waals surface area contributed by atoms with Crippen molar-refractivity contribution in [1.82, 2.24) is 4.90 Å². The van der Waals surface area contributed by atoms with Crippen molar-refractivity contribution in [3.8, 4) is 0 Å². The van der Waals surface area contributed by atoms with Crippen LogP contribution in [-0.4, -0.2) is 41.8 Å². The number of amides is 2. The van der Waals surface area contributed by atoms with Crippen LogP contribution in [0.2, 0.25) is 0 Å². The molecular weight excluding hydrogens is 292 g/mol. The van der Waals surface area contributed by atoms with Crippen molar-refractivity contribution in [2.75, 3.05) is 25.0 Å². The van der Waals surface area contributed by atoms with E-state index in [0.717, 1.165) is 17.7 Å². The molecule has 1 unspecified atom stereocenters. The van der Waals surface area contributed by atoms with Crippen LogP contribution < -0.4 is 5.32 Å². The number of hydrogen-bond acceptors (Lipinski definition) is 3. The van der Waals surface area contributed by atoms with Crippen LogP contribution in [0.15, 0.2) is 24.3 Å². The van der Waals surface area contributed by atoms with Crippen LogP contribution in [0.1, 0.15) is 37.7 Å². The molecule has 0 bridgehead atoms. The standard InChI is InChI=1S/C18H26N2O3/c21-12-15-9-10-20(11-15)18(22)19-16-7-5-14(6-8-16)13-23-17-3-1-2-4-17/h5-8,15,17,21H,1-4,9-13H2,(H,19,22). The fourth-order valence-corrected chi connectivity index (χ4v) is 3.32. The number of anilines is 1. The first-order chi connectivity index (χ1) is 11.2. The number of rotatable bonds is 5. The Kier molecular flexibility index (Phi) is 5.51. The molecule has 0 aromatic heterocycles. The van der Waals surface area contributed by atoms with Crippen molar-refractivity contribution in [3.05, 3.63) is 29.8 Å². The Morgan fingerprint density at radius 3 is 2.61 bits per heavy atom. The molecule has 1 aliphatic heterocycles. The first-order valence-electron chi connectivity index (χ1n) is 8.62. The predicted octanol–water partition coefficient (Wildman–Crippen LogP) is 2.99. The minimum atomic E-state index is -0.0871. The van der Waals surface area contributed by atoms with Crippen LogP contribution in [0.4, 0.5) is 10.5 Å². The molecule has 1 saturated heterocycles. The third-order valence-corrected chi connectivity index (χ3v) is 4.82. The number of carbonyl (C=O) groups is 1. The van der Waals surface area contributed by atoms with Gasteiger partial charge < -0.3 is 20.1 Å². The summed E-state index contributed by atoms with van der Waals surface area (Å²) in [6, 6.07) is 7.77. The molecule has 1 atom stereocenters. The molecule has 5 heteroatoms. The highest BCUT2D eigenvalue weighted by atomic mass is 16.5. The van der Waals surface area contributed by atoms with Gasteiger partial charge in [-0.25, -0.2) is 4.79 Å². The number of aliphatic hydroxyl groups excluding tert-OH is 1. The molecule has 2 amide bonds. The van der Waals surface area contributed by atoms with E-state index in [1.54, 1.807) is 4.90 Å². The highest BCUT2D eigenvalue weighted by molar-refractivity contribution is 5.89. The normalized spacial score (nSPS) is 21.8. The number of likely N-dealkylation sites (tertiary alicyclic amines) is 1. The molecule has 23 heavy (non-hydrogen) atoms. The van der Waals surface area contributed by atoms with Crippen molar-refractivity contribution >= 4 is 11.7 Å². The van der Waals surface area contributed by atoms with E-state index in [4.69, 9.17) is 9.84 Å². The second kappa shape index (κ2) is 7.79. The van der Waals surface area contributed by atoms with E-state index >= 15 is 0 Å². The Labute approximate surface area is 137 Å². The van der Waals surface area contributed by atoms with E-state index in [2.05, 4.69) is 5.32 Å². The first kappa shape index (κ1) is 16.3. The van der Waals surface area contributed by atoms with Gasteiger partial charge in [0.05, 0.1) is 12.7 Å². The molecule has 3 rings (SSSR count). The van der Waals surface area contributed by atoms with E-state index in [9.17, 15) is 4.79 Å². The molecule has 126 valence electrons. The Balaban J connectivity index is 1.46. The SMILES string of the molecule is O=C(Nc1ccc(COC2CCCC2)cc1)N1CCC(CO)C1. The summed E-state index contributed by atoms with van der Waals surface area (Å²) in [6.45, 7) is 2.14. The maximum Gasteiger partial charge on any atom is 0.321 e. The summed E-state index contributed by atoms with van der Waals surface area (Å²) < 4.78 is 5.90. The molecule has 2 aliphatic rings. The molecule has 1 heterocycles. The molecule has 1 aromatic carbocycles. The lowest BCUT2D eigenvalue weighted by molar-refractivity contribution is 0.0457. The fraction of sp³-hybridized carbons (Fsp3) is 0.611. The van der Waals surface area contributed by atoms with E-state index in [1.807, 2.05) is 24.3 Å². The summed E-state index contributed by atoms with van der Waals surface area (Å²) in [4.78, 5) is 13.9. The highest BCUT2D eigenvalue weighted by Crippen LogP contribution is 2.22. The van der Waals surface area contributed by atoms with Gasteiger partial charge in [0.2, 0.25) is 0 Å². The highest BCUT2D eigenvalue weighted by Gasteiger charge is 2.25. The number of ether oxygens (including phenoxy) is 1. The van der Waals surface area contributed by atoms with E-state index in [-0.39, 0.29) is 18.6 Å². The number of aliphatic hydroxyl groups is 1. The number of benzene rings is 1. The lowest BCUT2D eigenvalue weighted by Gasteiger charge is -2.17. The van der Waals surface area contributed by atoms with Crippen molar-refractivity contribution in [2.24, 2.45) is 5.92 Å². The number of nitrogens with zero attached hydrogens (tertiary/aromatic N) is 1. The second-order valence-electron chi connectivity index (χ2n) is 6.63. The minimum Gasteiger partial charge on any atom is -0.396 e. The molecule has 0 spiro atoms. The zero-order chi connectivity index (χ0) is 16.1. The summed E-state index contributed by atoms with van der Waals surface area (Å²) in [5.41, 5.74) is 1.93. The maximum absolute atomic E-state index is 12.2. The summed E-state index contributed by atoms with van der Waals surface area (Å²) in [6.07, 6.45) is 6.22. The zero-order valence-corrected chi connectivity index (χ0v) is 13.5. The Hall–Kier alpha value is -1.59. The predicted molar refractivity (Wildman–Crippen MR) is 89.3 cm³/mol. The average molecular weight is 318 g/mol. The van der Waals surface area contributed by atoms with Crippen molar-refractivity contribution < 1.29 is 14.6 Å². The van der Waals surface area contributed by atoms with Gasteiger partial charge in [0.15, 0.2) is 0 Å². The molecule has 1 saturated carbocycles. The van der Waals surface area contributed by atoms with Crippen molar-refractivity contribution in [3.63, 3.8) is 0 Å². The topological polar surface area (TPSA) is 61.8 Å². The fourth-order valence-electron chi connectivity index (χ4n) is 3.32. The van der Waals surface area contributed by atoms with E-state index < -0.39 is 0 Å². The van der Waals surface area contributed by atoms with Gasteiger partial charge in [0.1, 0.15) is 0 Å². The summed E-state index contributed by atoms with van der Waals surface area (Å²) >= 11 is 0. The van der Waals surface area contributed by atoms with Gasteiger partial charge in [-0.3, -0.25) is 0 Å². The Bertz CT molecular complexity index is 512. The maximum atomic E-state index is 12.2. The average Bonchev–Trinajstić information content (AvgIpc) is 3.25. The summed E-state index contributed by atoms with van der Waals surface area (Å²) in [7, 11) is 0. The number of urea groups is 1. The van der Waals surface area contributed by atoms with Crippen LogP contribution in [0, 0.1) is 5.92 Å². The van der Waals surface area contributed by atoms with Gasteiger partial charge in [-0.05, 0) is 37.0 Å². The number of nitrogens with one attached hydrogen (secondary N) is 1. The Morgan fingerprint density at radius 2 is 1.96 bits per heavy atom. The van der Waals surface area contributed by atoms with Gasteiger partial charge in [0, 0.05) is 31.3 Å². The molecule has 2 N–H and O–H groups in total. The van der Waals surface area contributed by atoms with Gasteiger partial charge in [-0.15, -0.1) is 0 Å². The quantitative estimate of drug-likeness (QED) is 0.877. The smallest absolute Gasteiger partial charge is 0.321 e. The van der Waals surface area contributed by atoms with Gasteiger partial charge in [-0.1, -0.05) is 25.0 Å². The number of carbonyl (C=O) groups excluding carboxylic acids is 1. The third kappa shape index (κ3) is 4.45. The van der Waals surface area contributed by atoms with Crippen LogP contribution >= 0.6 is 0 Å². The minimum absolute atomic E-state index is 0.0871. The van der Waals surface area contributed by atoms with Crippen LogP contribution in [-0.2, 0) is 11.3 Å². The van der Waals surface area contributed by atoms with Crippen LogP contribution in [0.5, 0.6) is 0 Å². The molecule has 5 nitrogen and oxygen atoms in total. The molecular formula is C18H26N2O3. The number of hydrogen-bond donors (Lipinski definition) is 2. The molecule has 2 fully saturated rings. The van der Waals surface area contributed by atoms with Crippen molar-refractivity contribution in [1.29, 1.82) is 0 Å². The lowest BCUT2D eigenvalue weighted by Crippen LogP contribution is -2.33. The first-order valence-corrected chi connectivity index (χ1v) is 8.62. The van der Waals surface area contributed by atoms with Crippen LogP contribution in [0.25, 0.3) is 0 Å². The van der Waals surface area contributed by atoms with Gasteiger partial charge in [0.25, 0.3) is 0 Å². The van der Waals surface area contributed by atoms with E-state index in [1.165, 1.54) is 25.7 Å². The van der Waals surface area contributed by atoms with Crippen LogP contribution in [0.3, 0.4) is 0 Å². The molecule has 1 aromatic rings. The summed E-state index contributed by atoms with van der Waals surface area (Å²) in [5, 5.41) is 12.1. The zero-order valence-electron chi connectivity index (χ0n) is 13.5. The van der Waals surface area contributed by atoms with Gasteiger partial charge >= 0.3 is 6.03 Å². The largest absolute Gasteiger partial charge is 0.396 e. The Morgan fingerprint density at radius 1 is 1.22 bits per heavy atom. The van der Waals surface area contributed by atoms with Gasteiger partial charge in [-0.2, -0.15) is 0 Å². The lowest BCUT2D eigenvalue weighted by atomic mass is 10.1. The molecule has 0 radical (unpaired) electrons. The van der Waals surface area contributed by atoms with Crippen molar-refractivity contribution in [2.45, 2.75) is 44.8 Å². The third-order valence-electron chi connectivity index (χ3n) is 4.82. The van der Waals surface area contributed by atoms with E-state index in [0.29, 0.717) is 25.8 Å². The molecule has 1 aliphatic carbocycles.